The number of ether oxygens (including phenoxy) is 1. The molecule has 4 nitrogen and oxygen atoms in total. The van der Waals surface area contributed by atoms with Crippen LogP contribution in [-0.4, -0.2) is 9.13 Å². The van der Waals surface area contributed by atoms with E-state index in [0.29, 0.717) is 0 Å². The molecule has 2 aromatic heterocycles. The van der Waals surface area contributed by atoms with Crippen LogP contribution in [0.4, 0.5) is 17.1 Å². The van der Waals surface area contributed by atoms with Crippen molar-refractivity contribution in [3.05, 3.63) is 159 Å². The zero-order chi connectivity index (χ0) is 36.7. The minimum atomic E-state index is 0.813. The molecule has 0 radical (unpaired) electrons. The summed E-state index contributed by atoms with van der Waals surface area (Å²) in [5.41, 5.74) is 13.7. The van der Waals surface area contributed by atoms with Crippen LogP contribution in [0.5, 0.6) is 11.5 Å². The Bertz CT molecular complexity index is 2660. The molecule has 0 spiro atoms. The van der Waals surface area contributed by atoms with E-state index in [1.165, 1.54) is 62.1 Å². The van der Waals surface area contributed by atoms with Crippen molar-refractivity contribution in [2.24, 2.45) is 0 Å². The minimum absolute atomic E-state index is 0.813. The molecule has 10 rings (SSSR count). The Morgan fingerprint density at radius 2 is 0.926 bits per heavy atom. The topological polar surface area (TPSA) is 22.3 Å². The molecule has 0 amide bonds. The van der Waals surface area contributed by atoms with Crippen LogP contribution in [0.15, 0.2) is 142 Å². The van der Waals surface area contributed by atoms with E-state index in [1.807, 2.05) is 0 Å². The van der Waals surface area contributed by atoms with Gasteiger partial charge in [0.2, 0.25) is 0 Å². The van der Waals surface area contributed by atoms with E-state index < -0.39 is 0 Å². The van der Waals surface area contributed by atoms with Gasteiger partial charge < -0.3 is 18.8 Å². The first-order valence-electron chi connectivity index (χ1n) is 18.6. The first-order valence-corrected chi connectivity index (χ1v) is 20.2. The van der Waals surface area contributed by atoms with E-state index in [0.717, 1.165) is 66.3 Å². The molecule has 0 aliphatic carbocycles. The van der Waals surface area contributed by atoms with Gasteiger partial charge >= 0.3 is 0 Å². The van der Waals surface area contributed by atoms with Gasteiger partial charge in [0.25, 0.3) is 0 Å². The van der Waals surface area contributed by atoms with Gasteiger partial charge in [0.1, 0.15) is 0 Å². The molecule has 7 aromatic carbocycles. The van der Waals surface area contributed by atoms with Gasteiger partial charge in [0, 0.05) is 48.3 Å². The molecule has 0 fully saturated rings. The summed E-state index contributed by atoms with van der Waals surface area (Å²) in [5, 5.41) is 4.90. The molecule has 3 heterocycles. The SMILES string of the molecule is CCCCc1ccc(N2c3ccc(-n4c5ccc(C)cc5c5cc(Br)ccc54)cc3Oc3cc(-n4c5ccc(C)cc5c5cc(Br)ccc54)ccc32)cc1. The fraction of sp³-hybridized carbons (Fsp3) is 0.125. The van der Waals surface area contributed by atoms with Crippen LogP contribution in [-0.2, 0) is 6.42 Å². The minimum Gasteiger partial charge on any atom is -0.453 e. The van der Waals surface area contributed by atoms with Crippen molar-refractivity contribution in [1.82, 2.24) is 9.13 Å². The molecule has 9 aromatic rings. The Kier molecular flexibility index (Phi) is 7.97. The maximum Gasteiger partial charge on any atom is 0.153 e. The number of nitrogens with zero attached hydrogens (tertiary/aromatic N) is 3. The summed E-state index contributed by atoms with van der Waals surface area (Å²) in [6, 6.07) is 48.9. The Hall–Kier alpha value is -5.30. The summed E-state index contributed by atoms with van der Waals surface area (Å²) >= 11 is 7.45. The number of hydrogen-bond acceptors (Lipinski definition) is 2. The number of halogens is 2. The second-order valence-corrected chi connectivity index (χ2v) is 16.4. The number of unbranched alkanes of at least 4 members (excludes halogenated alkanes) is 1. The van der Waals surface area contributed by atoms with E-state index in [-0.39, 0.29) is 0 Å². The van der Waals surface area contributed by atoms with Gasteiger partial charge in [0.15, 0.2) is 11.5 Å². The van der Waals surface area contributed by atoms with Gasteiger partial charge in [-0.1, -0.05) is 80.6 Å². The second-order valence-electron chi connectivity index (χ2n) is 14.5. The smallest absolute Gasteiger partial charge is 0.153 e. The molecule has 0 saturated heterocycles. The molecule has 0 N–H and O–H groups in total. The molecule has 0 bridgehead atoms. The quantitative estimate of drug-likeness (QED) is 0.167. The zero-order valence-corrected chi connectivity index (χ0v) is 33.5. The summed E-state index contributed by atoms with van der Waals surface area (Å²) < 4.78 is 13.9. The van der Waals surface area contributed by atoms with E-state index in [9.17, 15) is 0 Å². The highest BCUT2D eigenvalue weighted by Crippen LogP contribution is 2.52. The highest BCUT2D eigenvalue weighted by atomic mass is 79.9. The van der Waals surface area contributed by atoms with Crippen LogP contribution in [0, 0.1) is 13.8 Å². The molecule has 1 aliphatic rings. The first kappa shape index (κ1) is 33.3. The average molecular weight is 832 g/mol. The normalized spacial score (nSPS) is 12.5. The number of aryl methyl sites for hydroxylation is 3. The summed E-state index contributed by atoms with van der Waals surface area (Å²) in [4.78, 5) is 2.35. The number of aromatic nitrogens is 2. The Morgan fingerprint density at radius 1 is 0.481 bits per heavy atom. The van der Waals surface area contributed by atoms with Crippen molar-refractivity contribution in [2.45, 2.75) is 40.0 Å². The Labute approximate surface area is 331 Å². The molecule has 264 valence electrons. The van der Waals surface area contributed by atoms with E-state index in [4.69, 9.17) is 4.74 Å². The van der Waals surface area contributed by atoms with Crippen LogP contribution in [0.1, 0.15) is 36.5 Å². The lowest BCUT2D eigenvalue weighted by Crippen LogP contribution is -2.16. The molecule has 6 heteroatoms. The Balaban J connectivity index is 1.17. The van der Waals surface area contributed by atoms with Crippen LogP contribution in [0.25, 0.3) is 55.0 Å². The number of anilines is 3. The Morgan fingerprint density at radius 3 is 1.41 bits per heavy atom. The largest absolute Gasteiger partial charge is 0.453 e. The number of fused-ring (bicyclic) bond motifs is 8. The fourth-order valence-electron chi connectivity index (χ4n) is 8.31. The zero-order valence-electron chi connectivity index (χ0n) is 30.3. The van der Waals surface area contributed by atoms with Crippen molar-refractivity contribution in [1.29, 1.82) is 0 Å². The lowest BCUT2D eigenvalue weighted by atomic mass is 10.1. The highest BCUT2D eigenvalue weighted by molar-refractivity contribution is 9.10. The molecule has 0 unspecified atom stereocenters. The van der Waals surface area contributed by atoms with Gasteiger partial charge in [-0.15, -0.1) is 0 Å². The molecular formula is C48H37Br2N3O. The van der Waals surface area contributed by atoms with Gasteiger partial charge in [0.05, 0.1) is 44.8 Å². The summed E-state index contributed by atoms with van der Waals surface area (Å²) in [7, 11) is 0. The summed E-state index contributed by atoms with van der Waals surface area (Å²) in [6.45, 7) is 6.56. The van der Waals surface area contributed by atoms with Crippen LogP contribution in [0.3, 0.4) is 0 Å². The summed E-state index contributed by atoms with van der Waals surface area (Å²) in [5.74, 6) is 1.63. The monoisotopic (exact) mass is 829 g/mol. The predicted molar refractivity (Wildman–Crippen MR) is 233 cm³/mol. The fourth-order valence-corrected chi connectivity index (χ4v) is 9.03. The molecule has 0 saturated carbocycles. The third-order valence-electron chi connectivity index (χ3n) is 10.9. The van der Waals surface area contributed by atoms with E-state index in [1.54, 1.807) is 0 Å². The van der Waals surface area contributed by atoms with Gasteiger partial charge in [-0.05, 0) is 129 Å². The third-order valence-corrected chi connectivity index (χ3v) is 11.9. The van der Waals surface area contributed by atoms with Crippen molar-refractivity contribution >= 4 is 92.5 Å². The second kappa shape index (κ2) is 12.9. The molecule has 54 heavy (non-hydrogen) atoms. The third kappa shape index (κ3) is 5.38. The van der Waals surface area contributed by atoms with E-state index >= 15 is 0 Å². The molecular weight excluding hydrogens is 794 g/mol. The number of rotatable bonds is 6. The van der Waals surface area contributed by atoms with Crippen LogP contribution < -0.4 is 9.64 Å². The number of benzene rings is 7. The summed E-state index contributed by atoms with van der Waals surface area (Å²) in [6.07, 6.45) is 3.46. The number of hydrogen-bond donors (Lipinski definition) is 0. The van der Waals surface area contributed by atoms with Gasteiger partial charge in [-0.25, -0.2) is 0 Å². The molecule has 0 atom stereocenters. The predicted octanol–water partition coefficient (Wildman–Crippen LogP) is 14.9. The van der Waals surface area contributed by atoms with Crippen molar-refractivity contribution in [3.8, 4) is 22.9 Å². The van der Waals surface area contributed by atoms with Crippen molar-refractivity contribution in [3.63, 3.8) is 0 Å². The lowest BCUT2D eigenvalue weighted by Gasteiger charge is -2.33. The highest BCUT2D eigenvalue weighted by Gasteiger charge is 2.28. The molecule has 1 aliphatic heterocycles. The van der Waals surface area contributed by atoms with Gasteiger partial charge in [-0.3, -0.25) is 0 Å². The standard InChI is InChI=1S/C48H37Br2N3O/c1-4-5-6-31-9-13-34(14-10-31)51-45-21-15-35(52-41-17-7-29(2)23-37(41)39-25-32(49)11-19-43(39)52)27-47(45)54-48-28-36(16-22-46(48)51)53-42-18-8-30(3)24-38(42)40-26-33(50)12-20-44(40)53/h7-28H,4-6H2,1-3H3. The van der Waals surface area contributed by atoms with Crippen molar-refractivity contribution < 1.29 is 4.74 Å². The van der Waals surface area contributed by atoms with Gasteiger partial charge in [-0.2, -0.15) is 0 Å². The maximum absolute atomic E-state index is 7.02. The van der Waals surface area contributed by atoms with Crippen molar-refractivity contribution in [2.75, 3.05) is 4.90 Å². The maximum atomic E-state index is 7.02. The van der Waals surface area contributed by atoms with Crippen LogP contribution >= 0.6 is 31.9 Å². The van der Waals surface area contributed by atoms with E-state index in [2.05, 4.69) is 200 Å². The lowest BCUT2D eigenvalue weighted by molar-refractivity contribution is 0.476. The first-order chi connectivity index (χ1) is 26.3. The van der Waals surface area contributed by atoms with Crippen LogP contribution in [0.2, 0.25) is 0 Å². The average Bonchev–Trinajstić information content (AvgIpc) is 3.66.